The molecule has 2 aromatic carbocycles. The number of methoxy groups -OCH3 is 1. The summed E-state index contributed by atoms with van der Waals surface area (Å²) in [6, 6.07) is 10.1. The van der Waals surface area contributed by atoms with Crippen LogP contribution in [0.1, 0.15) is 11.3 Å². The van der Waals surface area contributed by atoms with Crippen molar-refractivity contribution in [2.24, 2.45) is 0 Å². The molecule has 44 heavy (non-hydrogen) atoms. The summed E-state index contributed by atoms with van der Waals surface area (Å²) in [5.41, 5.74) is -0.0326. The highest BCUT2D eigenvalue weighted by molar-refractivity contribution is 6.03. The molecule has 5 aromatic rings. The number of terminal acetylenes is 1. The molecule has 0 aliphatic carbocycles. The van der Waals surface area contributed by atoms with E-state index in [2.05, 4.69) is 25.9 Å². The lowest BCUT2D eigenvalue weighted by molar-refractivity contribution is -0.128. The van der Waals surface area contributed by atoms with Crippen LogP contribution in [0, 0.1) is 24.0 Å². The second-order valence-corrected chi connectivity index (χ2v) is 9.90. The van der Waals surface area contributed by atoms with Crippen LogP contribution in [-0.2, 0) is 4.79 Å². The standard InChI is InChI=1S/C32H23F3N6O3/c1-3-21-24(33)8-7-18-14-20(42)16-22(26(18)21)28-27(35)29-23(17-37-28)30(39-32(38-29)44-2)40-10-12-41(13-11-40)31(43)25(34)15-19-6-4-5-9-36-19/h1,4-9,14-17,42H,10-13H2,2H3/b25-15-. The fourth-order valence-corrected chi connectivity index (χ4v) is 5.22. The van der Waals surface area contributed by atoms with Gasteiger partial charge in [0.1, 0.15) is 28.6 Å². The molecule has 12 heteroatoms. The van der Waals surface area contributed by atoms with Crippen molar-refractivity contribution in [3.63, 3.8) is 0 Å². The number of aromatic nitrogens is 4. The molecule has 1 N–H and O–H groups in total. The molecule has 3 aromatic heterocycles. The average molecular weight is 597 g/mol. The summed E-state index contributed by atoms with van der Waals surface area (Å²) < 4.78 is 50.9. The van der Waals surface area contributed by atoms with Crippen LogP contribution >= 0.6 is 0 Å². The van der Waals surface area contributed by atoms with E-state index in [9.17, 15) is 18.7 Å². The van der Waals surface area contributed by atoms with Crippen LogP contribution in [0.4, 0.5) is 19.0 Å². The molecule has 0 bridgehead atoms. The number of phenols is 1. The van der Waals surface area contributed by atoms with E-state index >= 15 is 4.39 Å². The highest BCUT2D eigenvalue weighted by Crippen LogP contribution is 2.38. The number of fused-ring (bicyclic) bond motifs is 2. The Hall–Kier alpha value is -5.70. The number of hydrogen-bond acceptors (Lipinski definition) is 8. The second kappa shape index (κ2) is 11.5. The molecule has 0 spiro atoms. The van der Waals surface area contributed by atoms with Crippen LogP contribution in [0.5, 0.6) is 11.8 Å². The first-order chi connectivity index (χ1) is 21.3. The Kier molecular flexibility index (Phi) is 7.45. The number of rotatable bonds is 5. The van der Waals surface area contributed by atoms with Gasteiger partial charge in [0.25, 0.3) is 5.91 Å². The minimum atomic E-state index is -0.933. The quantitative estimate of drug-likeness (QED) is 0.226. The number of nitrogens with zero attached hydrogens (tertiary/aromatic N) is 6. The van der Waals surface area contributed by atoms with Gasteiger partial charge in [-0.1, -0.05) is 18.1 Å². The molecule has 1 fully saturated rings. The zero-order valence-electron chi connectivity index (χ0n) is 23.3. The van der Waals surface area contributed by atoms with Gasteiger partial charge in [-0.2, -0.15) is 9.97 Å². The molecule has 1 aliphatic heterocycles. The van der Waals surface area contributed by atoms with Gasteiger partial charge in [0.05, 0.1) is 23.8 Å². The zero-order valence-corrected chi connectivity index (χ0v) is 23.3. The number of aromatic hydroxyl groups is 1. The van der Waals surface area contributed by atoms with Gasteiger partial charge < -0.3 is 19.6 Å². The summed E-state index contributed by atoms with van der Waals surface area (Å²) in [7, 11) is 1.34. The van der Waals surface area contributed by atoms with E-state index < -0.39 is 23.4 Å². The SMILES string of the molecule is C#Cc1c(F)ccc2cc(O)cc(-c3ncc4c(N5CCN(C(=O)/C(F)=C/c6ccccn6)CC5)nc(OC)nc4c3F)c12. The van der Waals surface area contributed by atoms with Gasteiger partial charge in [-0.15, -0.1) is 6.42 Å². The number of piperazine rings is 1. The molecule has 9 nitrogen and oxygen atoms in total. The maximum absolute atomic E-state index is 16.3. The summed E-state index contributed by atoms with van der Waals surface area (Å²) in [6.45, 7) is 0.839. The topological polar surface area (TPSA) is 105 Å². The minimum absolute atomic E-state index is 0.0823. The number of benzene rings is 2. The molecular weight excluding hydrogens is 573 g/mol. The summed E-state index contributed by atoms with van der Waals surface area (Å²) in [5.74, 6) is -0.817. The molecule has 1 aliphatic rings. The fourth-order valence-electron chi connectivity index (χ4n) is 5.22. The highest BCUT2D eigenvalue weighted by atomic mass is 19.1. The Balaban J connectivity index is 1.36. The molecule has 1 saturated heterocycles. The second-order valence-electron chi connectivity index (χ2n) is 9.90. The fraction of sp³-hybridized carbons (Fsp3) is 0.156. The maximum atomic E-state index is 16.3. The van der Waals surface area contributed by atoms with Crippen molar-refractivity contribution in [1.29, 1.82) is 0 Å². The van der Waals surface area contributed by atoms with Gasteiger partial charge >= 0.3 is 6.01 Å². The van der Waals surface area contributed by atoms with Crippen LogP contribution in [0.2, 0.25) is 0 Å². The lowest BCUT2D eigenvalue weighted by Gasteiger charge is -2.35. The van der Waals surface area contributed by atoms with Gasteiger partial charge in [0, 0.05) is 55.6 Å². The first kappa shape index (κ1) is 28.4. The number of anilines is 1. The van der Waals surface area contributed by atoms with Gasteiger partial charge in [-0.05, 0) is 35.7 Å². The van der Waals surface area contributed by atoms with Crippen LogP contribution in [0.15, 0.2) is 60.7 Å². The smallest absolute Gasteiger partial charge is 0.318 e. The van der Waals surface area contributed by atoms with Crippen molar-refractivity contribution in [2.75, 3.05) is 38.2 Å². The Morgan fingerprint density at radius 3 is 2.59 bits per heavy atom. The number of halogens is 3. The normalized spacial score (nSPS) is 13.8. The third kappa shape index (κ3) is 5.09. The zero-order chi connectivity index (χ0) is 31.0. The molecule has 1 amide bonds. The Bertz CT molecular complexity index is 2010. The third-order valence-electron chi connectivity index (χ3n) is 7.31. The number of pyridine rings is 2. The molecule has 0 unspecified atom stereocenters. The summed E-state index contributed by atoms with van der Waals surface area (Å²) in [5, 5.41) is 11.2. The van der Waals surface area contributed by atoms with Gasteiger partial charge in [0.2, 0.25) is 0 Å². The number of amides is 1. The molecule has 6 rings (SSSR count). The van der Waals surface area contributed by atoms with Crippen LogP contribution in [-0.4, -0.2) is 69.1 Å². The number of ether oxygens (including phenoxy) is 1. The largest absolute Gasteiger partial charge is 0.508 e. The molecule has 0 atom stereocenters. The van der Waals surface area contributed by atoms with Gasteiger partial charge in [-0.3, -0.25) is 14.8 Å². The van der Waals surface area contributed by atoms with Crippen molar-refractivity contribution in [3.8, 4) is 35.4 Å². The predicted octanol–water partition coefficient (Wildman–Crippen LogP) is 4.87. The van der Waals surface area contributed by atoms with E-state index in [0.29, 0.717) is 16.9 Å². The first-order valence-electron chi connectivity index (χ1n) is 13.4. The lowest BCUT2D eigenvalue weighted by atomic mass is 9.96. The Morgan fingerprint density at radius 2 is 1.89 bits per heavy atom. The van der Waals surface area contributed by atoms with Crippen molar-refractivity contribution < 1.29 is 27.8 Å². The maximum Gasteiger partial charge on any atom is 0.318 e. The molecular formula is C32H23F3N6O3. The van der Waals surface area contributed by atoms with Gasteiger partial charge in [-0.25, -0.2) is 13.2 Å². The number of carbonyl (C=O) groups is 1. The monoisotopic (exact) mass is 596 g/mol. The number of phenolic OH excluding ortho intramolecular Hbond substituents is 1. The van der Waals surface area contributed by atoms with Crippen LogP contribution in [0.3, 0.4) is 0 Å². The van der Waals surface area contributed by atoms with E-state index in [1.165, 1.54) is 48.7 Å². The molecule has 220 valence electrons. The van der Waals surface area contributed by atoms with E-state index in [4.69, 9.17) is 11.2 Å². The average Bonchev–Trinajstić information content (AvgIpc) is 3.04. The van der Waals surface area contributed by atoms with Crippen LogP contribution in [0.25, 0.3) is 39.0 Å². The van der Waals surface area contributed by atoms with Crippen molar-refractivity contribution >= 4 is 39.5 Å². The third-order valence-corrected chi connectivity index (χ3v) is 7.31. The predicted molar refractivity (Wildman–Crippen MR) is 158 cm³/mol. The lowest BCUT2D eigenvalue weighted by Crippen LogP contribution is -2.49. The van der Waals surface area contributed by atoms with Crippen molar-refractivity contribution in [1.82, 2.24) is 24.8 Å². The molecule has 0 saturated carbocycles. The minimum Gasteiger partial charge on any atom is -0.508 e. The Morgan fingerprint density at radius 1 is 1.09 bits per heavy atom. The van der Waals surface area contributed by atoms with Crippen LogP contribution < -0.4 is 9.64 Å². The molecule has 4 heterocycles. The number of hydrogen-bond donors (Lipinski definition) is 1. The summed E-state index contributed by atoms with van der Waals surface area (Å²) in [6.07, 6.45) is 9.55. The first-order valence-corrected chi connectivity index (χ1v) is 13.4. The summed E-state index contributed by atoms with van der Waals surface area (Å²) in [4.78, 5) is 32.9. The van der Waals surface area contributed by atoms with Crippen molar-refractivity contribution in [3.05, 3.63) is 83.6 Å². The number of carbonyl (C=O) groups excluding carboxylic acids is 1. The van der Waals surface area contributed by atoms with Crippen molar-refractivity contribution in [2.45, 2.75) is 0 Å². The van der Waals surface area contributed by atoms with Gasteiger partial charge in [0.15, 0.2) is 11.6 Å². The summed E-state index contributed by atoms with van der Waals surface area (Å²) >= 11 is 0. The Labute approximate surface area is 249 Å². The van der Waals surface area contributed by atoms with E-state index in [0.717, 1.165) is 6.08 Å². The van der Waals surface area contributed by atoms with E-state index in [1.54, 1.807) is 23.1 Å². The van der Waals surface area contributed by atoms with E-state index in [-0.39, 0.29) is 71.0 Å². The molecule has 0 radical (unpaired) electrons. The van der Waals surface area contributed by atoms with E-state index in [1.807, 2.05) is 0 Å². The highest BCUT2D eigenvalue weighted by Gasteiger charge is 2.28.